The average Bonchev–Trinajstić information content (AvgIpc) is 2.34. The number of nitrogens with one attached hydrogen (secondary N) is 2. The molecule has 0 fully saturated rings. The summed E-state index contributed by atoms with van der Waals surface area (Å²) < 4.78 is 13.4. The van der Waals surface area contributed by atoms with Crippen molar-refractivity contribution >= 4 is 17.3 Å². The molecule has 0 unspecified atom stereocenters. The molecule has 2 rings (SSSR count). The lowest BCUT2D eigenvalue weighted by Crippen LogP contribution is -2.21. The predicted molar refractivity (Wildman–Crippen MR) is 65.8 cm³/mol. The first kappa shape index (κ1) is 11.8. The van der Waals surface area contributed by atoms with E-state index in [1.807, 2.05) is 0 Å². The zero-order valence-electron chi connectivity index (χ0n) is 9.24. The molecular formula is C12H10FN3O2. The van der Waals surface area contributed by atoms with Gasteiger partial charge in [-0.3, -0.25) is 9.59 Å². The first-order valence-corrected chi connectivity index (χ1v) is 5.11. The summed E-state index contributed by atoms with van der Waals surface area (Å²) in [6.07, 6.45) is 2.65. The normalized spacial score (nSPS) is 10.1. The van der Waals surface area contributed by atoms with Crippen molar-refractivity contribution in [3.05, 3.63) is 58.3 Å². The minimum Gasteiger partial charge on any atom is -0.399 e. The molecule has 92 valence electrons. The number of aromatic amines is 1. The van der Waals surface area contributed by atoms with Gasteiger partial charge in [0, 0.05) is 24.1 Å². The standard InChI is InChI=1S/C12H10FN3O2/c13-9-2-1-7(14)5-10(9)16-12(18)8-6-15-4-3-11(8)17/h1-6H,14H2,(H,15,17)(H,16,18). The Kier molecular flexibility index (Phi) is 3.09. The highest BCUT2D eigenvalue weighted by Gasteiger charge is 2.12. The quantitative estimate of drug-likeness (QED) is 0.700. The van der Waals surface area contributed by atoms with Crippen molar-refractivity contribution in [1.82, 2.24) is 4.98 Å². The molecule has 0 aliphatic heterocycles. The molecule has 0 aliphatic rings. The van der Waals surface area contributed by atoms with E-state index in [1.54, 1.807) is 0 Å². The number of amides is 1. The number of carbonyl (C=O) groups is 1. The molecule has 0 spiro atoms. The van der Waals surface area contributed by atoms with Crippen LogP contribution in [-0.4, -0.2) is 10.9 Å². The molecule has 0 aliphatic carbocycles. The first-order valence-electron chi connectivity index (χ1n) is 5.11. The number of benzene rings is 1. The van der Waals surface area contributed by atoms with Gasteiger partial charge in [0.1, 0.15) is 11.4 Å². The molecule has 1 aromatic heterocycles. The largest absolute Gasteiger partial charge is 0.399 e. The van der Waals surface area contributed by atoms with Crippen LogP contribution in [0.2, 0.25) is 0 Å². The lowest BCUT2D eigenvalue weighted by atomic mass is 10.2. The minimum atomic E-state index is -0.693. The number of carbonyl (C=O) groups excluding carboxylic acids is 1. The van der Waals surface area contributed by atoms with E-state index in [9.17, 15) is 14.0 Å². The maximum Gasteiger partial charge on any atom is 0.261 e. The van der Waals surface area contributed by atoms with Gasteiger partial charge in [-0.05, 0) is 18.2 Å². The lowest BCUT2D eigenvalue weighted by Gasteiger charge is -2.06. The molecule has 6 heteroatoms. The smallest absolute Gasteiger partial charge is 0.261 e. The maximum atomic E-state index is 13.4. The van der Waals surface area contributed by atoms with Crippen molar-refractivity contribution in [2.75, 3.05) is 11.1 Å². The molecule has 4 N–H and O–H groups in total. The number of rotatable bonds is 2. The summed E-state index contributed by atoms with van der Waals surface area (Å²) in [4.78, 5) is 25.8. The summed E-state index contributed by atoms with van der Waals surface area (Å²) in [5.74, 6) is -1.31. The highest BCUT2D eigenvalue weighted by atomic mass is 19.1. The van der Waals surface area contributed by atoms with E-state index in [0.29, 0.717) is 5.69 Å². The van der Waals surface area contributed by atoms with Gasteiger partial charge in [0.2, 0.25) is 0 Å². The summed E-state index contributed by atoms with van der Waals surface area (Å²) >= 11 is 0. The van der Waals surface area contributed by atoms with Gasteiger partial charge in [-0.2, -0.15) is 0 Å². The number of H-pyrrole nitrogens is 1. The maximum absolute atomic E-state index is 13.4. The third kappa shape index (κ3) is 2.37. The fourth-order valence-electron chi connectivity index (χ4n) is 1.42. The van der Waals surface area contributed by atoms with Crippen molar-refractivity contribution in [1.29, 1.82) is 0 Å². The number of hydrogen-bond acceptors (Lipinski definition) is 3. The van der Waals surface area contributed by atoms with Crippen LogP contribution in [0.5, 0.6) is 0 Å². The van der Waals surface area contributed by atoms with E-state index in [4.69, 9.17) is 5.73 Å². The lowest BCUT2D eigenvalue weighted by molar-refractivity contribution is 0.102. The third-order valence-electron chi connectivity index (χ3n) is 2.31. The Hall–Kier alpha value is -2.63. The topological polar surface area (TPSA) is 88.0 Å². The Morgan fingerprint density at radius 3 is 2.83 bits per heavy atom. The van der Waals surface area contributed by atoms with Crippen LogP contribution in [0.4, 0.5) is 15.8 Å². The van der Waals surface area contributed by atoms with Gasteiger partial charge >= 0.3 is 0 Å². The van der Waals surface area contributed by atoms with Crippen LogP contribution in [-0.2, 0) is 0 Å². The summed E-state index contributed by atoms with van der Waals surface area (Å²) in [6, 6.07) is 5.01. The summed E-state index contributed by atoms with van der Waals surface area (Å²) in [7, 11) is 0. The van der Waals surface area contributed by atoms with Crippen molar-refractivity contribution in [3.8, 4) is 0 Å². The molecule has 1 amide bonds. The molecule has 0 saturated carbocycles. The van der Waals surface area contributed by atoms with Gasteiger partial charge < -0.3 is 16.0 Å². The van der Waals surface area contributed by atoms with Crippen LogP contribution >= 0.6 is 0 Å². The predicted octanol–water partition coefficient (Wildman–Crippen LogP) is 1.35. The van der Waals surface area contributed by atoms with E-state index in [-0.39, 0.29) is 11.3 Å². The molecule has 0 atom stereocenters. The number of halogens is 1. The number of nitrogen functional groups attached to an aromatic ring is 1. The van der Waals surface area contributed by atoms with Gasteiger partial charge in [-0.1, -0.05) is 0 Å². The molecule has 1 aromatic carbocycles. The van der Waals surface area contributed by atoms with Crippen molar-refractivity contribution < 1.29 is 9.18 Å². The SMILES string of the molecule is Nc1ccc(F)c(NC(=O)c2c[nH]ccc2=O)c1. The molecular weight excluding hydrogens is 237 g/mol. The Morgan fingerprint density at radius 1 is 1.33 bits per heavy atom. The van der Waals surface area contributed by atoms with Crippen molar-refractivity contribution in [2.24, 2.45) is 0 Å². The van der Waals surface area contributed by atoms with Crippen LogP contribution in [0.3, 0.4) is 0 Å². The molecule has 1 heterocycles. The monoisotopic (exact) mass is 247 g/mol. The fourth-order valence-corrected chi connectivity index (χ4v) is 1.42. The zero-order chi connectivity index (χ0) is 13.1. The summed E-state index contributed by atoms with van der Waals surface area (Å²) in [6.45, 7) is 0. The van der Waals surface area contributed by atoms with Gasteiger partial charge in [0.25, 0.3) is 5.91 Å². The van der Waals surface area contributed by atoms with Crippen LogP contribution < -0.4 is 16.5 Å². The summed E-state index contributed by atoms with van der Waals surface area (Å²) in [5.41, 5.74) is 5.19. The molecule has 0 saturated heterocycles. The molecule has 0 bridgehead atoms. The molecule has 2 aromatic rings. The molecule has 18 heavy (non-hydrogen) atoms. The van der Waals surface area contributed by atoms with Crippen LogP contribution in [0.25, 0.3) is 0 Å². The zero-order valence-corrected chi connectivity index (χ0v) is 9.24. The Bertz CT molecular complexity index is 652. The number of hydrogen-bond donors (Lipinski definition) is 3. The van der Waals surface area contributed by atoms with Crippen LogP contribution in [0.15, 0.2) is 41.5 Å². The number of pyridine rings is 1. The second-order valence-corrected chi connectivity index (χ2v) is 3.62. The average molecular weight is 247 g/mol. The van der Waals surface area contributed by atoms with Gasteiger partial charge in [0.15, 0.2) is 5.43 Å². The van der Waals surface area contributed by atoms with Gasteiger partial charge in [0.05, 0.1) is 5.69 Å². The van der Waals surface area contributed by atoms with Gasteiger partial charge in [-0.15, -0.1) is 0 Å². The van der Waals surface area contributed by atoms with E-state index in [1.165, 1.54) is 30.6 Å². The summed E-state index contributed by atoms with van der Waals surface area (Å²) in [5, 5.41) is 2.29. The van der Waals surface area contributed by atoms with E-state index in [2.05, 4.69) is 10.3 Å². The second kappa shape index (κ2) is 4.70. The first-order chi connectivity index (χ1) is 8.58. The number of anilines is 2. The van der Waals surface area contributed by atoms with E-state index >= 15 is 0 Å². The fraction of sp³-hybridized carbons (Fsp3) is 0. The highest BCUT2D eigenvalue weighted by Crippen LogP contribution is 2.17. The number of aromatic nitrogens is 1. The Labute approximate surface area is 101 Å². The van der Waals surface area contributed by atoms with Gasteiger partial charge in [-0.25, -0.2) is 4.39 Å². The second-order valence-electron chi connectivity index (χ2n) is 3.62. The van der Waals surface area contributed by atoms with Crippen molar-refractivity contribution in [3.63, 3.8) is 0 Å². The minimum absolute atomic E-state index is 0.0664. The van der Waals surface area contributed by atoms with Crippen LogP contribution in [0, 0.1) is 5.82 Å². The highest BCUT2D eigenvalue weighted by molar-refractivity contribution is 6.04. The Morgan fingerprint density at radius 2 is 2.11 bits per heavy atom. The number of nitrogens with two attached hydrogens (primary N) is 1. The van der Waals surface area contributed by atoms with E-state index in [0.717, 1.165) is 6.07 Å². The third-order valence-corrected chi connectivity index (χ3v) is 2.31. The Balaban J connectivity index is 2.30. The van der Waals surface area contributed by atoms with Crippen molar-refractivity contribution in [2.45, 2.75) is 0 Å². The molecule has 5 nitrogen and oxygen atoms in total. The molecule has 0 radical (unpaired) electrons. The van der Waals surface area contributed by atoms with Crippen LogP contribution in [0.1, 0.15) is 10.4 Å². The van der Waals surface area contributed by atoms with E-state index < -0.39 is 17.2 Å².